The number of carbonyl (C=O) groups excluding carboxylic acids is 1. The maximum absolute atomic E-state index is 12.3. The van der Waals surface area contributed by atoms with Crippen molar-refractivity contribution >= 4 is 27.5 Å². The number of nitrogens with two attached hydrogens (primary N) is 1. The normalized spacial score (nSPS) is 19.0. The number of sulfone groups is 1. The van der Waals surface area contributed by atoms with Gasteiger partial charge in [-0.2, -0.15) is 0 Å². The van der Waals surface area contributed by atoms with Gasteiger partial charge in [0.1, 0.15) is 0 Å². The van der Waals surface area contributed by atoms with Crippen molar-refractivity contribution in [3.8, 4) is 11.3 Å². The first kappa shape index (κ1) is 17.8. The smallest absolute Gasteiger partial charge is 0.233 e. The average molecular weight is 380 g/mol. The van der Waals surface area contributed by atoms with E-state index in [0.717, 1.165) is 11.3 Å². The second-order valence-electron chi connectivity index (χ2n) is 6.03. The molecule has 0 bridgehead atoms. The summed E-state index contributed by atoms with van der Waals surface area (Å²) < 4.78 is 24.5. The number of imidazole rings is 1. The van der Waals surface area contributed by atoms with Gasteiger partial charge in [-0.15, -0.1) is 0 Å². The third kappa shape index (κ3) is 4.16. The molecule has 0 saturated carbocycles. The summed E-state index contributed by atoms with van der Waals surface area (Å²) in [5, 5.41) is 0.541. The molecule has 1 aliphatic heterocycles. The molecule has 1 atom stereocenters. The Balaban J connectivity index is 1.62. The van der Waals surface area contributed by atoms with Crippen molar-refractivity contribution in [3.05, 3.63) is 36.5 Å². The van der Waals surface area contributed by atoms with Crippen molar-refractivity contribution in [2.24, 2.45) is 0 Å². The van der Waals surface area contributed by atoms with Crippen LogP contribution in [0.5, 0.6) is 0 Å². The van der Waals surface area contributed by atoms with Crippen LogP contribution in [0.1, 0.15) is 6.42 Å². The van der Waals surface area contributed by atoms with Gasteiger partial charge in [0, 0.05) is 18.7 Å². The fraction of sp³-hybridized carbons (Fsp3) is 0.375. The van der Waals surface area contributed by atoms with E-state index in [-0.39, 0.29) is 29.2 Å². The number of nitrogen functional groups attached to an aromatic ring is 1. The van der Waals surface area contributed by atoms with Gasteiger partial charge in [-0.3, -0.25) is 4.79 Å². The van der Waals surface area contributed by atoms with Gasteiger partial charge in [0.15, 0.2) is 15.0 Å². The van der Waals surface area contributed by atoms with E-state index in [2.05, 4.69) is 4.98 Å². The van der Waals surface area contributed by atoms with Gasteiger partial charge in [-0.1, -0.05) is 42.1 Å². The maximum Gasteiger partial charge on any atom is 0.233 e. The molecular weight excluding hydrogens is 360 g/mol. The highest BCUT2D eigenvalue weighted by molar-refractivity contribution is 7.99. The highest BCUT2D eigenvalue weighted by atomic mass is 32.2. The summed E-state index contributed by atoms with van der Waals surface area (Å²) in [4.78, 5) is 18.3. The molecule has 2 heterocycles. The van der Waals surface area contributed by atoms with E-state index >= 15 is 0 Å². The maximum atomic E-state index is 12.3. The number of nitrogens with zero attached hydrogens (tertiary/aromatic N) is 3. The van der Waals surface area contributed by atoms with Gasteiger partial charge in [-0.05, 0) is 6.42 Å². The van der Waals surface area contributed by atoms with Crippen LogP contribution >= 0.6 is 11.8 Å². The molecule has 1 fully saturated rings. The number of benzene rings is 1. The topological polar surface area (TPSA) is 98.3 Å². The standard InChI is InChI=1S/C16H20N4O3S2/c1-19(13-7-8-25(22,23)11-13)15(21)10-24-16-18-14(9-20(16)17)12-5-3-2-4-6-12/h2-6,9,13H,7-8,10-11,17H2,1H3/t13-/m1/s1. The number of hydrogen-bond acceptors (Lipinski definition) is 6. The molecule has 0 aliphatic carbocycles. The van der Waals surface area contributed by atoms with Gasteiger partial charge in [-0.25, -0.2) is 18.1 Å². The molecule has 3 rings (SSSR count). The summed E-state index contributed by atoms with van der Waals surface area (Å²) in [6.45, 7) is 0. The molecule has 2 aromatic rings. The fourth-order valence-corrected chi connectivity index (χ4v) is 5.34. The molecule has 1 amide bonds. The van der Waals surface area contributed by atoms with Crippen LogP contribution < -0.4 is 5.84 Å². The van der Waals surface area contributed by atoms with Crippen LogP contribution in [0.4, 0.5) is 0 Å². The van der Waals surface area contributed by atoms with Crippen LogP contribution in [-0.4, -0.2) is 59.2 Å². The first-order valence-electron chi connectivity index (χ1n) is 7.84. The van der Waals surface area contributed by atoms with Crippen molar-refractivity contribution in [1.29, 1.82) is 0 Å². The van der Waals surface area contributed by atoms with Gasteiger partial charge in [0.05, 0.1) is 29.1 Å². The van der Waals surface area contributed by atoms with Crippen molar-refractivity contribution in [2.45, 2.75) is 17.6 Å². The number of carbonyl (C=O) groups is 1. The molecule has 0 radical (unpaired) electrons. The van der Waals surface area contributed by atoms with E-state index in [1.807, 2.05) is 30.3 Å². The Labute approximate surface area is 151 Å². The lowest BCUT2D eigenvalue weighted by Gasteiger charge is -2.23. The first-order valence-corrected chi connectivity index (χ1v) is 10.7. The summed E-state index contributed by atoms with van der Waals surface area (Å²) in [6, 6.07) is 9.41. The molecule has 1 saturated heterocycles. The van der Waals surface area contributed by atoms with Gasteiger partial charge < -0.3 is 10.7 Å². The Hall–Kier alpha value is -2.00. The SMILES string of the molecule is CN(C(=O)CSc1nc(-c2ccccc2)cn1N)[C@@H]1CCS(=O)(=O)C1. The molecule has 1 aliphatic rings. The summed E-state index contributed by atoms with van der Waals surface area (Å²) in [5.74, 6) is 6.16. The molecule has 25 heavy (non-hydrogen) atoms. The largest absolute Gasteiger partial charge is 0.341 e. The zero-order valence-corrected chi connectivity index (χ0v) is 15.5. The Morgan fingerprint density at radius 3 is 2.76 bits per heavy atom. The van der Waals surface area contributed by atoms with Crippen molar-refractivity contribution in [2.75, 3.05) is 30.1 Å². The van der Waals surface area contributed by atoms with Crippen LogP contribution in [-0.2, 0) is 14.6 Å². The minimum Gasteiger partial charge on any atom is -0.341 e. The van der Waals surface area contributed by atoms with Gasteiger partial charge in [0.2, 0.25) is 5.91 Å². The molecule has 7 nitrogen and oxygen atoms in total. The predicted molar refractivity (Wildman–Crippen MR) is 98.4 cm³/mol. The quantitative estimate of drug-likeness (QED) is 0.614. The number of rotatable bonds is 5. The third-order valence-electron chi connectivity index (χ3n) is 4.24. The molecule has 9 heteroatoms. The summed E-state index contributed by atoms with van der Waals surface area (Å²) in [7, 11) is -1.36. The summed E-state index contributed by atoms with van der Waals surface area (Å²) in [5.41, 5.74) is 1.70. The van der Waals surface area contributed by atoms with Gasteiger partial charge in [0.25, 0.3) is 0 Å². The van der Waals surface area contributed by atoms with E-state index in [1.54, 1.807) is 13.2 Å². The van der Waals surface area contributed by atoms with E-state index < -0.39 is 9.84 Å². The van der Waals surface area contributed by atoms with Crippen LogP contribution in [0.15, 0.2) is 41.7 Å². The highest BCUT2D eigenvalue weighted by Crippen LogP contribution is 2.24. The number of amides is 1. The molecule has 134 valence electrons. The Kier molecular flexibility index (Phi) is 5.05. The number of hydrogen-bond donors (Lipinski definition) is 1. The minimum atomic E-state index is -3.01. The lowest BCUT2D eigenvalue weighted by molar-refractivity contribution is -0.128. The first-order chi connectivity index (χ1) is 11.9. The number of aromatic nitrogens is 2. The molecular formula is C16H20N4O3S2. The van der Waals surface area contributed by atoms with Crippen molar-refractivity contribution in [1.82, 2.24) is 14.6 Å². The zero-order valence-electron chi connectivity index (χ0n) is 13.8. The van der Waals surface area contributed by atoms with Crippen LogP contribution in [0.25, 0.3) is 11.3 Å². The van der Waals surface area contributed by atoms with Crippen LogP contribution in [0, 0.1) is 0 Å². The summed E-state index contributed by atoms with van der Waals surface area (Å²) in [6.07, 6.45) is 2.22. The van der Waals surface area contributed by atoms with Crippen molar-refractivity contribution < 1.29 is 13.2 Å². The fourth-order valence-electron chi connectivity index (χ4n) is 2.74. The van der Waals surface area contributed by atoms with E-state index in [1.165, 1.54) is 21.3 Å². The summed E-state index contributed by atoms with van der Waals surface area (Å²) >= 11 is 1.24. The lowest BCUT2D eigenvalue weighted by atomic mass is 10.2. The molecule has 1 aromatic carbocycles. The Morgan fingerprint density at radius 2 is 2.12 bits per heavy atom. The van der Waals surface area contributed by atoms with E-state index in [9.17, 15) is 13.2 Å². The molecule has 1 aromatic heterocycles. The number of thioether (sulfide) groups is 1. The van der Waals surface area contributed by atoms with Crippen molar-refractivity contribution in [3.63, 3.8) is 0 Å². The minimum absolute atomic E-state index is 0.0452. The molecule has 2 N–H and O–H groups in total. The van der Waals surface area contributed by atoms with E-state index in [4.69, 9.17) is 5.84 Å². The average Bonchev–Trinajstić information content (AvgIpc) is 3.15. The second kappa shape index (κ2) is 7.09. The highest BCUT2D eigenvalue weighted by Gasteiger charge is 2.32. The Bertz CT molecular complexity index is 865. The third-order valence-corrected chi connectivity index (χ3v) is 6.94. The lowest BCUT2D eigenvalue weighted by Crippen LogP contribution is -2.38. The monoisotopic (exact) mass is 380 g/mol. The molecule has 0 spiro atoms. The van der Waals surface area contributed by atoms with Crippen LogP contribution in [0.2, 0.25) is 0 Å². The predicted octanol–water partition coefficient (Wildman–Crippen LogP) is 1.00. The van der Waals surface area contributed by atoms with E-state index in [0.29, 0.717) is 11.6 Å². The Morgan fingerprint density at radius 1 is 1.40 bits per heavy atom. The molecule has 0 unspecified atom stereocenters. The van der Waals surface area contributed by atoms with Crippen LogP contribution in [0.3, 0.4) is 0 Å². The second-order valence-corrected chi connectivity index (χ2v) is 9.20. The van der Waals surface area contributed by atoms with Gasteiger partial charge >= 0.3 is 0 Å². The zero-order chi connectivity index (χ0) is 18.0.